The van der Waals surface area contributed by atoms with Gasteiger partial charge in [-0.3, -0.25) is 9.59 Å². The van der Waals surface area contributed by atoms with Gasteiger partial charge >= 0.3 is 0 Å². The van der Waals surface area contributed by atoms with Crippen LogP contribution in [0.15, 0.2) is 22.7 Å². The molecule has 1 aliphatic rings. The lowest BCUT2D eigenvalue weighted by Crippen LogP contribution is -2.46. The summed E-state index contributed by atoms with van der Waals surface area (Å²) in [5.41, 5.74) is 7.15. The fraction of sp³-hybridized carbons (Fsp3) is 0.500. The van der Waals surface area contributed by atoms with E-state index < -0.39 is 0 Å². The van der Waals surface area contributed by atoms with E-state index in [0.29, 0.717) is 31.7 Å². The van der Waals surface area contributed by atoms with Crippen LogP contribution in [0.1, 0.15) is 28.8 Å². The topological polar surface area (TPSA) is 75.4 Å². The van der Waals surface area contributed by atoms with Gasteiger partial charge in [-0.05, 0) is 53.4 Å². The van der Waals surface area contributed by atoms with Gasteiger partial charge in [-0.1, -0.05) is 6.07 Å². The van der Waals surface area contributed by atoms with Crippen LogP contribution in [0.25, 0.3) is 0 Å². The van der Waals surface area contributed by atoms with E-state index in [1.807, 2.05) is 25.1 Å². The van der Waals surface area contributed by atoms with Gasteiger partial charge in [-0.15, -0.1) is 0 Å². The third-order valence-corrected chi connectivity index (χ3v) is 4.53. The van der Waals surface area contributed by atoms with E-state index in [0.717, 1.165) is 22.9 Å². The van der Waals surface area contributed by atoms with E-state index in [1.54, 1.807) is 4.90 Å². The van der Waals surface area contributed by atoms with Crippen molar-refractivity contribution in [2.45, 2.75) is 19.8 Å². The molecule has 5 nitrogen and oxygen atoms in total. The molecular weight excluding hydrogens is 346 g/mol. The average Bonchev–Trinajstić information content (AvgIpc) is 2.52. The Kier molecular flexibility index (Phi) is 5.97. The number of nitrogens with zero attached hydrogens (tertiary/aromatic N) is 1. The number of amides is 2. The van der Waals surface area contributed by atoms with Gasteiger partial charge in [-0.25, -0.2) is 0 Å². The zero-order chi connectivity index (χ0) is 16.1. The van der Waals surface area contributed by atoms with Crippen LogP contribution in [0.4, 0.5) is 0 Å². The largest absolute Gasteiger partial charge is 0.355 e. The summed E-state index contributed by atoms with van der Waals surface area (Å²) in [6.07, 6.45) is 1.66. The summed E-state index contributed by atoms with van der Waals surface area (Å²) in [6, 6.07) is 5.69. The number of halogens is 1. The van der Waals surface area contributed by atoms with Crippen LogP contribution in [0.5, 0.6) is 0 Å². The first-order valence-corrected chi connectivity index (χ1v) is 8.35. The highest BCUT2D eigenvalue weighted by atomic mass is 79.9. The van der Waals surface area contributed by atoms with Crippen molar-refractivity contribution in [1.82, 2.24) is 10.2 Å². The highest BCUT2D eigenvalue weighted by molar-refractivity contribution is 9.10. The van der Waals surface area contributed by atoms with Crippen LogP contribution in [0.3, 0.4) is 0 Å². The van der Waals surface area contributed by atoms with Crippen molar-refractivity contribution in [3.63, 3.8) is 0 Å². The number of rotatable bonds is 4. The molecule has 1 heterocycles. The summed E-state index contributed by atoms with van der Waals surface area (Å²) in [5.74, 6) is -0.178. The van der Waals surface area contributed by atoms with Crippen LogP contribution in [-0.4, -0.2) is 42.9 Å². The summed E-state index contributed by atoms with van der Waals surface area (Å²) in [7, 11) is 0. The molecule has 0 aliphatic carbocycles. The van der Waals surface area contributed by atoms with Crippen molar-refractivity contribution in [3.8, 4) is 0 Å². The molecule has 3 N–H and O–H groups in total. The Morgan fingerprint density at radius 3 is 2.91 bits per heavy atom. The standard InChI is InChI=1S/C16H22BrN3O2/c1-11-4-5-13(14(17)9-11)16(22)20-8-2-3-12(10-20)15(21)19-7-6-18/h4-5,9,12H,2-3,6-8,10,18H2,1H3,(H,19,21). The SMILES string of the molecule is Cc1ccc(C(=O)N2CCCC(C(=O)NCCN)C2)c(Br)c1. The number of carbonyl (C=O) groups excluding carboxylic acids is 2. The monoisotopic (exact) mass is 367 g/mol. The molecular formula is C16H22BrN3O2. The Balaban J connectivity index is 2.05. The fourth-order valence-electron chi connectivity index (χ4n) is 2.68. The number of hydrogen-bond donors (Lipinski definition) is 2. The molecule has 6 heteroatoms. The van der Waals surface area contributed by atoms with Crippen molar-refractivity contribution < 1.29 is 9.59 Å². The molecule has 1 atom stereocenters. The van der Waals surface area contributed by atoms with Gasteiger partial charge in [0.2, 0.25) is 5.91 Å². The second-order valence-electron chi connectivity index (χ2n) is 5.65. The molecule has 1 unspecified atom stereocenters. The summed E-state index contributed by atoms with van der Waals surface area (Å²) in [5, 5.41) is 2.81. The maximum Gasteiger partial charge on any atom is 0.255 e. The van der Waals surface area contributed by atoms with Crippen molar-refractivity contribution >= 4 is 27.7 Å². The number of nitrogens with two attached hydrogens (primary N) is 1. The van der Waals surface area contributed by atoms with Gasteiger partial charge in [0.05, 0.1) is 11.5 Å². The van der Waals surface area contributed by atoms with Crippen LogP contribution in [-0.2, 0) is 4.79 Å². The lowest BCUT2D eigenvalue weighted by atomic mass is 9.96. The maximum atomic E-state index is 12.7. The number of benzene rings is 1. The molecule has 0 bridgehead atoms. The molecule has 1 fully saturated rings. The predicted octanol–water partition coefficient (Wildman–Crippen LogP) is 1.68. The summed E-state index contributed by atoms with van der Waals surface area (Å²) >= 11 is 3.45. The van der Waals surface area contributed by atoms with Gasteiger partial charge in [0.25, 0.3) is 5.91 Å². The summed E-state index contributed by atoms with van der Waals surface area (Å²) in [6.45, 7) is 4.05. The molecule has 1 saturated heterocycles. The molecule has 0 spiro atoms. The molecule has 0 radical (unpaired) electrons. The molecule has 1 aromatic carbocycles. The Morgan fingerprint density at radius 2 is 2.23 bits per heavy atom. The highest BCUT2D eigenvalue weighted by Crippen LogP contribution is 2.23. The summed E-state index contributed by atoms with van der Waals surface area (Å²) < 4.78 is 0.798. The molecule has 2 amide bonds. The molecule has 22 heavy (non-hydrogen) atoms. The van der Waals surface area contributed by atoms with Crippen molar-refractivity contribution in [2.75, 3.05) is 26.2 Å². The normalized spacial score (nSPS) is 18.1. The van der Waals surface area contributed by atoms with Crippen LogP contribution in [0.2, 0.25) is 0 Å². The molecule has 120 valence electrons. The number of piperidine rings is 1. The third-order valence-electron chi connectivity index (χ3n) is 3.88. The zero-order valence-electron chi connectivity index (χ0n) is 12.8. The highest BCUT2D eigenvalue weighted by Gasteiger charge is 2.29. The molecule has 1 aliphatic heterocycles. The Hall–Kier alpha value is -1.40. The maximum absolute atomic E-state index is 12.7. The molecule has 2 rings (SSSR count). The Bertz CT molecular complexity index is 562. The number of likely N-dealkylation sites (tertiary alicyclic amines) is 1. The number of nitrogens with one attached hydrogen (secondary N) is 1. The Morgan fingerprint density at radius 1 is 1.45 bits per heavy atom. The van der Waals surface area contributed by atoms with Crippen molar-refractivity contribution in [1.29, 1.82) is 0 Å². The smallest absolute Gasteiger partial charge is 0.255 e. The molecule has 0 saturated carbocycles. The van der Waals surface area contributed by atoms with Gasteiger partial charge in [0, 0.05) is 30.7 Å². The third kappa shape index (κ3) is 4.08. The van der Waals surface area contributed by atoms with Gasteiger partial charge < -0.3 is 16.0 Å². The van der Waals surface area contributed by atoms with E-state index >= 15 is 0 Å². The van der Waals surface area contributed by atoms with Crippen molar-refractivity contribution in [3.05, 3.63) is 33.8 Å². The zero-order valence-corrected chi connectivity index (χ0v) is 14.4. The van der Waals surface area contributed by atoms with Gasteiger partial charge in [0.1, 0.15) is 0 Å². The average molecular weight is 368 g/mol. The van der Waals surface area contributed by atoms with Crippen LogP contribution < -0.4 is 11.1 Å². The molecule has 1 aromatic rings. The predicted molar refractivity (Wildman–Crippen MR) is 89.6 cm³/mol. The van der Waals surface area contributed by atoms with E-state index in [9.17, 15) is 9.59 Å². The lowest BCUT2D eigenvalue weighted by Gasteiger charge is -2.32. The van der Waals surface area contributed by atoms with Crippen molar-refractivity contribution in [2.24, 2.45) is 11.7 Å². The first kappa shape index (κ1) is 17.0. The quantitative estimate of drug-likeness (QED) is 0.849. The minimum absolute atomic E-state index is 0.00841. The minimum atomic E-state index is -0.145. The van der Waals surface area contributed by atoms with E-state index in [1.165, 1.54) is 0 Å². The number of hydrogen-bond acceptors (Lipinski definition) is 3. The van der Waals surface area contributed by atoms with Crippen LogP contribution >= 0.6 is 15.9 Å². The fourth-order valence-corrected chi connectivity index (χ4v) is 3.34. The Labute approximate surface area is 139 Å². The first-order valence-electron chi connectivity index (χ1n) is 7.56. The number of carbonyl (C=O) groups is 2. The summed E-state index contributed by atoms with van der Waals surface area (Å²) in [4.78, 5) is 26.5. The minimum Gasteiger partial charge on any atom is -0.355 e. The van der Waals surface area contributed by atoms with Gasteiger partial charge in [-0.2, -0.15) is 0 Å². The first-order chi connectivity index (χ1) is 10.5. The van der Waals surface area contributed by atoms with E-state index in [4.69, 9.17) is 5.73 Å². The van der Waals surface area contributed by atoms with Crippen LogP contribution in [0, 0.1) is 12.8 Å². The number of aryl methyl sites for hydroxylation is 1. The second-order valence-corrected chi connectivity index (χ2v) is 6.51. The molecule has 0 aromatic heterocycles. The van der Waals surface area contributed by atoms with Gasteiger partial charge in [0.15, 0.2) is 0 Å². The lowest BCUT2D eigenvalue weighted by molar-refractivity contribution is -0.126. The second kappa shape index (κ2) is 7.74. The van der Waals surface area contributed by atoms with E-state index in [2.05, 4.69) is 21.2 Å². The van der Waals surface area contributed by atoms with E-state index in [-0.39, 0.29) is 17.7 Å².